The highest BCUT2D eigenvalue weighted by Gasteiger charge is 2.19. The van der Waals surface area contributed by atoms with Crippen molar-refractivity contribution in [3.63, 3.8) is 0 Å². The Hall–Kier alpha value is -0.780. The average molecular weight is 318 g/mol. The zero-order chi connectivity index (χ0) is 12.4. The van der Waals surface area contributed by atoms with Crippen LogP contribution in [-0.2, 0) is 0 Å². The molecule has 0 aliphatic heterocycles. The molecule has 2 aromatic rings. The van der Waals surface area contributed by atoms with Crippen LogP contribution >= 0.6 is 27.3 Å². The molecule has 0 aliphatic rings. The lowest BCUT2D eigenvalue weighted by Crippen LogP contribution is -2.18. The van der Waals surface area contributed by atoms with E-state index in [1.54, 1.807) is 13.1 Å². The van der Waals surface area contributed by atoms with Crippen LogP contribution in [0.4, 0.5) is 8.78 Å². The summed E-state index contributed by atoms with van der Waals surface area (Å²) in [5.74, 6) is -1.62. The number of nitrogens with one attached hydrogen (secondary N) is 1. The lowest BCUT2D eigenvalue weighted by atomic mass is 10.0. The molecular formula is C12H10BrF2NS. The monoisotopic (exact) mass is 317 g/mol. The van der Waals surface area contributed by atoms with Gasteiger partial charge < -0.3 is 5.32 Å². The van der Waals surface area contributed by atoms with Crippen molar-refractivity contribution in [1.29, 1.82) is 0 Å². The molecule has 1 aromatic carbocycles. The van der Waals surface area contributed by atoms with Crippen LogP contribution in [0.25, 0.3) is 0 Å². The summed E-state index contributed by atoms with van der Waals surface area (Å²) in [4.78, 5) is 0. The van der Waals surface area contributed by atoms with E-state index >= 15 is 0 Å². The van der Waals surface area contributed by atoms with E-state index in [0.29, 0.717) is 5.56 Å². The second kappa shape index (κ2) is 5.25. The van der Waals surface area contributed by atoms with E-state index in [4.69, 9.17) is 0 Å². The Balaban J connectivity index is 2.45. The fraction of sp³-hybridized carbons (Fsp3) is 0.167. The number of benzene rings is 1. The Kier molecular flexibility index (Phi) is 3.91. The molecule has 1 N–H and O–H groups in total. The molecule has 0 bridgehead atoms. The number of hydrogen-bond acceptors (Lipinski definition) is 2. The van der Waals surface area contributed by atoms with Crippen molar-refractivity contribution >= 4 is 27.3 Å². The third-order valence-electron chi connectivity index (χ3n) is 2.50. The molecule has 0 amide bonds. The Bertz CT molecular complexity index is 527. The minimum atomic E-state index is -0.822. The summed E-state index contributed by atoms with van der Waals surface area (Å²) >= 11 is 4.87. The Labute approximate surface area is 111 Å². The fourth-order valence-corrected chi connectivity index (χ4v) is 2.92. The zero-order valence-electron chi connectivity index (χ0n) is 9.01. The van der Waals surface area contributed by atoms with E-state index in [2.05, 4.69) is 21.2 Å². The zero-order valence-corrected chi connectivity index (χ0v) is 11.4. The standard InChI is InChI=1S/C12H10BrF2NS/c1-16-12(7-5-10(13)17-6-7)8-3-2-4-9(14)11(8)15/h2-6,12,16H,1H3. The van der Waals surface area contributed by atoms with Crippen molar-refractivity contribution in [2.75, 3.05) is 7.05 Å². The summed E-state index contributed by atoms with van der Waals surface area (Å²) in [6.45, 7) is 0. The maximum absolute atomic E-state index is 13.7. The molecule has 0 spiro atoms. The fourth-order valence-electron chi connectivity index (χ4n) is 1.72. The van der Waals surface area contributed by atoms with Gasteiger partial charge in [-0.3, -0.25) is 0 Å². The summed E-state index contributed by atoms with van der Waals surface area (Å²) in [6, 6.07) is 5.78. The second-order valence-corrected chi connectivity index (χ2v) is 5.84. The van der Waals surface area contributed by atoms with Gasteiger partial charge in [-0.25, -0.2) is 8.78 Å². The second-order valence-electron chi connectivity index (χ2n) is 3.55. The first-order chi connectivity index (χ1) is 8.13. The van der Waals surface area contributed by atoms with Gasteiger partial charge in [-0.2, -0.15) is 0 Å². The molecule has 1 aromatic heterocycles. The van der Waals surface area contributed by atoms with E-state index in [9.17, 15) is 8.78 Å². The van der Waals surface area contributed by atoms with Gasteiger partial charge in [0.1, 0.15) is 0 Å². The summed E-state index contributed by atoms with van der Waals surface area (Å²) in [5.41, 5.74) is 1.23. The molecule has 2 rings (SSSR count). The largest absolute Gasteiger partial charge is 0.309 e. The Morgan fingerprint density at radius 2 is 2.12 bits per heavy atom. The smallest absolute Gasteiger partial charge is 0.163 e. The van der Waals surface area contributed by atoms with Crippen molar-refractivity contribution in [2.45, 2.75) is 6.04 Å². The molecule has 1 nitrogen and oxygen atoms in total. The number of rotatable bonds is 3. The van der Waals surface area contributed by atoms with Crippen molar-refractivity contribution in [3.05, 3.63) is 56.2 Å². The predicted octanol–water partition coefficient (Wildman–Crippen LogP) is 4.10. The molecule has 0 fully saturated rings. The number of thiophene rings is 1. The van der Waals surface area contributed by atoms with E-state index < -0.39 is 11.6 Å². The Morgan fingerprint density at radius 3 is 2.71 bits per heavy atom. The molecule has 90 valence electrons. The molecule has 0 radical (unpaired) electrons. The number of hydrogen-bond donors (Lipinski definition) is 1. The lowest BCUT2D eigenvalue weighted by molar-refractivity contribution is 0.487. The van der Waals surface area contributed by atoms with Gasteiger partial charge in [-0.05, 0) is 46.1 Å². The van der Waals surface area contributed by atoms with Crippen LogP contribution in [0.2, 0.25) is 0 Å². The van der Waals surface area contributed by atoms with Gasteiger partial charge in [0.05, 0.1) is 9.83 Å². The molecule has 0 saturated carbocycles. The van der Waals surface area contributed by atoms with E-state index in [1.807, 2.05) is 11.4 Å². The van der Waals surface area contributed by atoms with Gasteiger partial charge in [0.2, 0.25) is 0 Å². The van der Waals surface area contributed by atoms with Gasteiger partial charge in [-0.15, -0.1) is 11.3 Å². The minimum absolute atomic E-state index is 0.317. The maximum atomic E-state index is 13.7. The van der Waals surface area contributed by atoms with Crippen LogP contribution in [0.1, 0.15) is 17.2 Å². The molecule has 5 heteroatoms. The van der Waals surface area contributed by atoms with Gasteiger partial charge >= 0.3 is 0 Å². The van der Waals surface area contributed by atoms with Crippen LogP contribution in [0.5, 0.6) is 0 Å². The summed E-state index contributed by atoms with van der Waals surface area (Å²) in [6.07, 6.45) is 0. The van der Waals surface area contributed by atoms with Crippen molar-refractivity contribution in [3.8, 4) is 0 Å². The van der Waals surface area contributed by atoms with Crippen molar-refractivity contribution in [2.24, 2.45) is 0 Å². The maximum Gasteiger partial charge on any atom is 0.163 e. The van der Waals surface area contributed by atoms with Crippen LogP contribution in [-0.4, -0.2) is 7.05 Å². The van der Waals surface area contributed by atoms with Gasteiger partial charge in [-0.1, -0.05) is 12.1 Å². The van der Waals surface area contributed by atoms with Crippen LogP contribution < -0.4 is 5.32 Å². The highest BCUT2D eigenvalue weighted by Crippen LogP contribution is 2.30. The molecular weight excluding hydrogens is 308 g/mol. The molecule has 1 heterocycles. The molecule has 1 unspecified atom stereocenters. The quantitative estimate of drug-likeness (QED) is 0.898. The highest BCUT2D eigenvalue weighted by atomic mass is 79.9. The number of halogens is 3. The lowest BCUT2D eigenvalue weighted by Gasteiger charge is -2.16. The van der Waals surface area contributed by atoms with Gasteiger partial charge in [0.15, 0.2) is 11.6 Å². The van der Waals surface area contributed by atoms with Crippen LogP contribution in [0.15, 0.2) is 33.4 Å². The van der Waals surface area contributed by atoms with Crippen LogP contribution in [0, 0.1) is 11.6 Å². The van der Waals surface area contributed by atoms with E-state index in [-0.39, 0.29) is 6.04 Å². The van der Waals surface area contributed by atoms with Crippen molar-refractivity contribution in [1.82, 2.24) is 5.32 Å². The molecule has 1 atom stereocenters. The third-order valence-corrected chi connectivity index (χ3v) is 4.02. The predicted molar refractivity (Wildman–Crippen MR) is 69.3 cm³/mol. The van der Waals surface area contributed by atoms with E-state index in [1.165, 1.54) is 17.4 Å². The SMILES string of the molecule is CNC(c1csc(Br)c1)c1cccc(F)c1F. The Morgan fingerprint density at radius 1 is 1.35 bits per heavy atom. The minimum Gasteiger partial charge on any atom is -0.309 e. The molecule has 0 saturated heterocycles. The first-order valence-electron chi connectivity index (χ1n) is 4.98. The van der Waals surface area contributed by atoms with Gasteiger partial charge in [0.25, 0.3) is 0 Å². The first kappa shape index (κ1) is 12.7. The highest BCUT2D eigenvalue weighted by molar-refractivity contribution is 9.11. The first-order valence-corrected chi connectivity index (χ1v) is 6.66. The van der Waals surface area contributed by atoms with E-state index in [0.717, 1.165) is 15.4 Å². The average Bonchev–Trinajstić information content (AvgIpc) is 2.72. The van der Waals surface area contributed by atoms with Gasteiger partial charge in [0, 0.05) is 5.56 Å². The summed E-state index contributed by atoms with van der Waals surface area (Å²) in [7, 11) is 1.72. The third kappa shape index (κ3) is 2.56. The normalized spacial score (nSPS) is 12.7. The summed E-state index contributed by atoms with van der Waals surface area (Å²) < 4.78 is 27.9. The molecule has 0 aliphatic carbocycles. The van der Waals surface area contributed by atoms with Crippen LogP contribution in [0.3, 0.4) is 0 Å². The van der Waals surface area contributed by atoms with Crippen molar-refractivity contribution < 1.29 is 8.78 Å². The summed E-state index contributed by atoms with van der Waals surface area (Å²) in [5, 5.41) is 4.91. The topological polar surface area (TPSA) is 12.0 Å². The molecule has 17 heavy (non-hydrogen) atoms.